The minimum atomic E-state index is -4.47. The summed E-state index contributed by atoms with van der Waals surface area (Å²) >= 11 is 0. The largest absolute Gasteiger partial charge is 0.493 e. The number of rotatable bonds is 10. The van der Waals surface area contributed by atoms with Crippen molar-refractivity contribution in [2.24, 2.45) is 0 Å². The number of benzene rings is 3. The van der Waals surface area contributed by atoms with Crippen LogP contribution in [0.15, 0.2) is 87.4 Å². The van der Waals surface area contributed by atoms with Crippen LogP contribution >= 0.6 is 0 Å². The van der Waals surface area contributed by atoms with E-state index in [1.54, 1.807) is 50.2 Å². The minimum absolute atomic E-state index is 0.161. The standard InChI is InChI=1S/C33H35N3O5S/c1-5-7-14-29-35-31(37)30(32(38)36(29)28(6-2)25-12-8-10-22(19-25)21-34)42(40,41)27-17-15-23(16-18-27)24-11-9-13-26(20-24)33(3,4)39/h8-13,15-20,28,38-39H,5-7,14H2,1-4H3. The summed E-state index contributed by atoms with van der Waals surface area (Å²) in [6.07, 6.45) is 2.31. The van der Waals surface area contributed by atoms with Crippen molar-refractivity contribution in [3.8, 4) is 23.1 Å². The maximum atomic E-state index is 13.8. The zero-order valence-electron chi connectivity index (χ0n) is 24.2. The number of nitrogens with zero attached hydrogens (tertiary/aromatic N) is 3. The second-order valence-electron chi connectivity index (χ2n) is 10.8. The minimum Gasteiger partial charge on any atom is -0.493 e. The number of nitriles is 1. The first-order valence-electron chi connectivity index (χ1n) is 13.9. The Hall–Kier alpha value is -4.26. The van der Waals surface area contributed by atoms with E-state index in [2.05, 4.69) is 11.1 Å². The second kappa shape index (κ2) is 12.3. The molecule has 1 aromatic heterocycles. The molecule has 0 aliphatic rings. The summed E-state index contributed by atoms with van der Waals surface area (Å²) in [5.74, 6) is -0.383. The molecule has 0 saturated carbocycles. The lowest BCUT2D eigenvalue weighted by Crippen LogP contribution is -2.27. The van der Waals surface area contributed by atoms with Gasteiger partial charge in [-0.3, -0.25) is 9.36 Å². The topological polar surface area (TPSA) is 133 Å². The van der Waals surface area contributed by atoms with Crippen molar-refractivity contribution >= 4 is 9.84 Å². The van der Waals surface area contributed by atoms with E-state index in [1.165, 1.54) is 16.7 Å². The lowest BCUT2D eigenvalue weighted by molar-refractivity contribution is 0.0786. The van der Waals surface area contributed by atoms with E-state index in [-0.39, 0.29) is 10.7 Å². The van der Waals surface area contributed by atoms with E-state index >= 15 is 0 Å². The van der Waals surface area contributed by atoms with Crippen LogP contribution in [0.5, 0.6) is 5.88 Å². The fourth-order valence-corrected chi connectivity index (χ4v) is 6.37. The van der Waals surface area contributed by atoms with E-state index in [0.29, 0.717) is 36.0 Å². The van der Waals surface area contributed by atoms with Gasteiger partial charge in [0.25, 0.3) is 5.56 Å². The molecule has 42 heavy (non-hydrogen) atoms. The summed E-state index contributed by atoms with van der Waals surface area (Å²) in [5.41, 5.74) is 1.28. The van der Waals surface area contributed by atoms with Gasteiger partial charge in [-0.05, 0) is 79.3 Å². The van der Waals surface area contributed by atoms with E-state index in [4.69, 9.17) is 0 Å². The Morgan fingerprint density at radius 3 is 2.31 bits per heavy atom. The molecule has 1 heterocycles. The van der Waals surface area contributed by atoms with Crippen molar-refractivity contribution in [2.75, 3.05) is 0 Å². The van der Waals surface area contributed by atoms with Crippen LogP contribution in [0.2, 0.25) is 0 Å². The smallest absolute Gasteiger partial charge is 0.296 e. The van der Waals surface area contributed by atoms with Crippen molar-refractivity contribution in [1.29, 1.82) is 5.26 Å². The summed E-state index contributed by atoms with van der Waals surface area (Å²) in [6.45, 7) is 7.24. The van der Waals surface area contributed by atoms with Crippen LogP contribution in [0, 0.1) is 11.3 Å². The Balaban J connectivity index is 1.84. The third kappa shape index (κ3) is 6.15. The Bertz CT molecular complexity index is 1800. The zero-order chi connectivity index (χ0) is 30.7. The highest BCUT2D eigenvalue weighted by molar-refractivity contribution is 7.91. The molecule has 0 fully saturated rings. The molecule has 0 amide bonds. The van der Waals surface area contributed by atoms with Crippen LogP contribution in [0.25, 0.3) is 11.1 Å². The van der Waals surface area contributed by atoms with Gasteiger partial charge in [-0.2, -0.15) is 10.2 Å². The third-order valence-corrected chi connectivity index (χ3v) is 9.11. The van der Waals surface area contributed by atoms with E-state index < -0.39 is 37.8 Å². The first-order chi connectivity index (χ1) is 19.9. The van der Waals surface area contributed by atoms with Crippen molar-refractivity contribution in [3.63, 3.8) is 0 Å². The van der Waals surface area contributed by atoms with Gasteiger partial charge in [0.15, 0.2) is 4.90 Å². The molecule has 0 saturated heterocycles. The predicted octanol–water partition coefficient (Wildman–Crippen LogP) is 5.89. The van der Waals surface area contributed by atoms with Gasteiger partial charge in [-0.15, -0.1) is 0 Å². The molecule has 9 heteroatoms. The highest BCUT2D eigenvalue weighted by Gasteiger charge is 2.32. The van der Waals surface area contributed by atoms with Gasteiger partial charge in [0, 0.05) is 6.42 Å². The number of aryl methyl sites for hydroxylation is 1. The Kier molecular flexibility index (Phi) is 9.00. The summed E-state index contributed by atoms with van der Waals surface area (Å²) in [7, 11) is -4.47. The van der Waals surface area contributed by atoms with Crippen molar-refractivity contribution in [3.05, 3.63) is 106 Å². The van der Waals surface area contributed by atoms with Gasteiger partial charge in [0.2, 0.25) is 15.7 Å². The Labute approximate surface area is 246 Å². The van der Waals surface area contributed by atoms with Gasteiger partial charge in [-0.1, -0.05) is 62.7 Å². The number of sulfone groups is 1. The SMILES string of the molecule is CCCCc1nc(=O)c(S(=O)(=O)c2ccc(-c3cccc(C(C)(C)O)c3)cc2)c(O)n1C(CC)c1cccc(C#N)c1. The van der Waals surface area contributed by atoms with Gasteiger partial charge in [-0.25, -0.2) is 8.42 Å². The maximum Gasteiger partial charge on any atom is 0.296 e. The molecular weight excluding hydrogens is 550 g/mol. The zero-order valence-corrected chi connectivity index (χ0v) is 25.0. The van der Waals surface area contributed by atoms with Crippen LogP contribution in [0.4, 0.5) is 0 Å². The van der Waals surface area contributed by atoms with Crippen LogP contribution in [-0.4, -0.2) is 28.2 Å². The lowest BCUT2D eigenvalue weighted by Gasteiger charge is -2.25. The molecule has 0 spiro atoms. The molecule has 2 N–H and O–H groups in total. The van der Waals surface area contributed by atoms with Crippen molar-refractivity contribution < 1.29 is 18.6 Å². The summed E-state index contributed by atoms with van der Waals surface area (Å²) in [5, 5.41) is 31.3. The first kappa shape index (κ1) is 30.7. The molecule has 218 valence electrons. The van der Waals surface area contributed by atoms with Crippen LogP contribution in [-0.2, 0) is 21.9 Å². The fourth-order valence-electron chi connectivity index (χ4n) is 5.03. The van der Waals surface area contributed by atoms with E-state index in [1.807, 2.05) is 38.1 Å². The van der Waals surface area contributed by atoms with Gasteiger partial charge >= 0.3 is 0 Å². The van der Waals surface area contributed by atoms with E-state index in [9.17, 15) is 28.7 Å². The third-order valence-electron chi connectivity index (χ3n) is 7.32. The predicted molar refractivity (Wildman–Crippen MR) is 161 cm³/mol. The van der Waals surface area contributed by atoms with Gasteiger partial charge in [0.05, 0.1) is 28.2 Å². The number of aromatic nitrogens is 2. The number of hydrogen-bond donors (Lipinski definition) is 2. The van der Waals surface area contributed by atoms with Gasteiger partial charge in [0.1, 0.15) is 5.82 Å². The summed E-state index contributed by atoms with van der Waals surface area (Å²) < 4.78 is 29.1. The Morgan fingerprint density at radius 1 is 1.00 bits per heavy atom. The average Bonchev–Trinajstić information content (AvgIpc) is 2.97. The quantitative estimate of drug-likeness (QED) is 0.237. The number of hydrogen-bond acceptors (Lipinski definition) is 7. The Morgan fingerprint density at radius 2 is 1.69 bits per heavy atom. The lowest BCUT2D eigenvalue weighted by atomic mass is 9.94. The molecule has 0 aliphatic carbocycles. The molecule has 1 atom stereocenters. The van der Waals surface area contributed by atoms with Crippen molar-refractivity contribution in [1.82, 2.24) is 9.55 Å². The maximum absolute atomic E-state index is 13.8. The monoisotopic (exact) mass is 585 g/mol. The van der Waals surface area contributed by atoms with Gasteiger partial charge < -0.3 is 10.2 Å². The normalized spacial score (nSPS) is 12.6. The molecular formula is C33H35N3O5S. The molecule has 1 unspecified atom stereocenters. The number of aliphatic hydroxyl groups is 1. The van der Waals surface area contributed by atoms with Crippen molar-refractivity contribution in [2.45, 2.75) is 74.8 Å². The first-order valence-corrected chi connectivity index (χ1v) is 15.4. The molecule has 4 aromatic rings. The highest BCUT2D eigenvalue weighted by atomic mass is 32.2. The molecule has 0 bridgehead atoms. The van der Waals surface area contributed by atoms with Crippen LogP contribution < -0.4 is 5.56 Å². The fraction of sp³-hybridized carbons (Fsp3) is 0.303. The number of aromatic hydroxyl groups is 1. The van der Waals surface area contributed by atoms with E-state index in [0.717, 1.165) is 17.5 Å². The summed E-state index contributed by atoms with van der Waals surface area (Å²) in [6, 6.07) is 21.8. The van der Waals surface area contributed by atoms with Crippen LogP contribution in [0.1, 0.15) is 75.5 Å². The highest BCUT2D eigenvalue weighted by Crippen LogP contribution is 2.34. The molecule has 0 radical (unpaired) electrons. The molecule has 0 aliphatic heterocycles. The summed E-state index contributed by atoms with van der Waals surface area (Å²) in [4.78, 5) is 16.5. The van der Waals surface area contributed by atoms with Crippen LogP contribution in [0.3, 0.4) is 0 Å². The number of unbranched alkanes of at least 4 members (excludes halogenated alkanes) is 1. The average molecular weight is 586 g/mol. The molecule has 3 aromatic carbocycles. The molecule has 4 rings (SSSR count). The second-order valence-corrected chi connectivity index (χ2v) is 12.7. The molecule has 8 nitrogen and oxygen atoms in total.